The van der Waals surface area contributed by atoms with Crippen LogP contribution >= 0.6 is 11.6 Å². The Bertz CT molecular complexity index is 315. The van der Waals surface area contributed by atoms with Gasteiger partial charge in [-0.15, -0.1) is 0 Å². The lowest BCUT2D eigenvalue weighted by atomic mass is 10.0. The summed E-state index contributed by atoms with van der Waals surface area (Å²) >= 11 is 5.70. The lowest BCUT2D eigenvalue weighted by Gasteiger charge is -2.22. The number of ether oxygens (including phenoxy) is 1. The minimum atomic E-state index is 0.370. The Balaban J connectivity index is 1.81. The molecule has 0 amide bonds. The molecular weight excluding hydrogens is 214 g/mol. The summed E-state index contributed by atoms with van der Waals surface area (Å²) in [5, 5.41) is 3.71. The highest BCUT2D eigenvalue weighted by Crippen LogP contribution is 2.13. The molecule has 1 N–H and O–H groups in total. The van der Waals surface area contributed by atoms with Crippen LogP contribution in [0.15, 0.2) is 12.4 Å². The Morgan fingerprint density at radius 3 is 3.20 bits per heavy atom. The van der Waals surface area contributed by atoms with Gasteiger partial charge >= 0.3 is 0 Å². The van der Waals surface area contributed by atoms with E-state index in [0.29, 0.717) is 23.6 Å². The van der Waals surface area contributed by atoms with Crippen molar-refractivity contribution in [2.24, 2.45) is 5.92 Å². The molecule has 1 aromatic rings. The van der Waals surface area contributed by atoms with Gasteiger partial charge in [0, 0.05) is 12.5 Å². The van der Waals surface area contributed by atoms with Crippen LogP contribution in [-0.4, -0.2) is 29.7 Å². The minimum absolute atomic E-state index is 0.370. The first-order valence-corrected chi connectivity index (χ1v) is 5.53. The standard InChI is InChI=1S/C10H14ClN3O/c11-9-5-13-6-10(14-9)15-7-8-2-1-3-12-4-8/h5-6,8,12H,1-4,7H2. The predicted molar refractivity (Wildman–Crippen MR) is 58.1 cm³/mol. The van der Waals surface area contributed by atoms with Crippen molar-refractivity contribution in [3.05, 3.63) is 17.5 Å². The smallest absolute Gasteiger partial charge is 0.233 e. The number of piperidine rings is 1. The monoisotopic (exact) mass is 227 g/mol. The number of rotatable bonds is 3. The molecule has 0 radical (unpaired) electrons. The van der Waals surface area contributed by atoms with Gasteiger partial charge in [0.25, 0.3) is 0 Å². The molecule has 82 valence electrons. The lowest BCUT2D eigenvalue weighted by molar-refractivity contribution is 0.211. The van der Waals surface area contributed by atoms with Crippen LogP contribution in [0.2, 0.25) is 5.15 Å². The van der Waals surface area contributed by atoms with Crippen LogP contribution in [0.3, 0.4) is 0 Å². The SMILES string of the molecule is Clc1cncc(OCC2CCCNC2)n1. The van der Waals surface area contributed by atoms with Gasteiger partial charge in [-0.25, -0.2) is 0 Å². The third kappa shape index (κ3) is 3.32. The minimum Gasteiger partial charge on any atom is -0.476 e. The maximum atomic E-state index is 5.70. The highest BCUT2D eigenvalue weighted by atomic mass is 35.5. The Hall–Kier alpha value is -0.870. The van der Waals surface area contributed by atoms with Gasteiger partial charge in [0.05, 0.1) is 19.0 Å². The van der Waals surface area contributed by atoms with Crippen LogP contribution < -0.4 is 10.1 Å². The summed E-state index contributed by atoms with van der Waals surface area (Å²) in [5.74, 6) is 1.08. The molecule has 5 heteroatoms. The van der Waals surface area contributed by atoms with Crippen LogP contribution in [0.1, 0.15) is 12.8 Å². The summed E-state index contributed by atoms with van der Waals surface area (Å²) < 4.78 is 5.53. The quantitative estimate of drug-likeness (QED) is 0.851. The predicted octanol–water partition coefficient (Wildman–Crippen LogP) is 1.51. The maximum Gasteiger partial charge on any atom is 0.233 e. The summed E-state index contributed by atoms with van der Waals surface area (Å²) in [5.41, 5.74) is 0. The molecule has 1 aromatic heterocycles. The molecule has 1 aliphatic rings. The molecule has 2 heterocycles. The van der Waals surface area contributed by atoms with Gasteiger partial charge in [-0.2, -0.15) is 4.98 Å². The Morgan fingerprint density at radius 1 is 1.53 bits per heavy atom. The van der Waals surface area contributed by atoms with Gasteiger partial charge in [-0.3, -0.25) is 4.98 Å². The first-order valence-electron chi connectivity index (χ1n) is 5.15. The second-order valence-corrected chi connectivity index (χ2v) is 4.09. The summed E-state index contributed by atoms with van der Waals surface area (Å²) in [4.78, 5) is 7.93. The van der Waals surface area contributed by atoms with Gasteiger partial charge in [0.1, 0.15) is 0 Å². The largest absolute Gasteiger partial charge is 0.476 e. The second-order valence-electron chi connectivity index (χ2n) is 3.70. The Morgan fingerprint density at radius 2 is 2.47 bits per heavy atom. The average molecular weight is 228 g/mol. The first-order chi connectivity index (χ1) is 7.34. The zero-order valence-electron chi connectivity index (χ0n) is 8.45. The molecule has 1 unspecified atom stereocenters. The van der Waals surface area contributed by atoms with Crippen molar-refractivity contribution < 1.29 is 4.74 Å². The van der Waals surface area contributed by atoms with E-state index in [1.807, 2.05) is 0 Å². The highest BCUT2D eigenvalue weighted by Gasteiger charge is 2.13. The zero-order chi connectivity index (χ0) is 10.5. The molecule has 1 atom stereocenters. The average Bonchev–Trinajstić information content (AvgIpc) is 2.28. The molecule has 1 aliphatic heterocycles. The summed E-state index contributed by atoms with van der Waals surface area (Å²) in [6, 6.07) is 0. The Labute approximate surface area is 94.0 Å². The van der Waals surface area contributed by atoms with Crippen molar-refractivity contribution in [1.29, 1.82) is 0 Å². The normalized spacial score (nSPS) is 21.3. The molecular formula is C10H14ClN3O. The van der Waals surface area contributed by atoms with Crippen molar-refractivity contribution in [2.75, 3.05) is 19.7 Å². The summed E-state index contributed by atoms with van der Waals surface area (Å²) in [6.07, 6.45) is 5.51. The van der Waals surface area contributed by atoms with Gasteiger partial charge in [-0.1, -0.05) is 11.6 Å². The van der Waals surface area contributed by atoms with Gasteiger partial charge in [0.15, 0.2) is 5.15 Å². The number of hydrogen-bond acceptors (Lipinski definition) is 4. The molecule has 4 nitrogen and oxygen atoms in total. The fourth-order valence-electron chi connectivity index (χ4n) is 1.66. The van der Waals surface area contributed by atoms with E-state index < -0.39 is 0 Å². The molecule has 0 aliphatic carbocycles. The van der Waals surface area contributed by atoms with E-state index in [0.717, 1.165) is 13.1 Å². The fraction of sp³-hybridized carbons (Fsp3) is 0.600. The fourth-order valence-corrected chi connectivity index (χ4v) is 1.80. The maximum absolute atomic E-state index is 5.70. The molecule has 0 aromatic carbocycles. The van der Waals surface area contributed by atoms with Crippen LogP contribution in [0, 0.1) is 5.92 Å². The second kappa shape index (κ2) is 5.28. The number of nitrogens with one attached hydrogen (secondary N) is 1. The molecule has 0 saturated carbocycles. The van der Waals surface area contributed by atoms with Crippen LogP contribution in [0.4, 0.5) is 0 Å². The third-order valence-electron chi connectivity index (χ3n) is 2.45. The van der Waals surface area contributed by atoms with E-state index in [9.17, 15) is 0 Å². The first kappa shape index (κ1) is 10.6. The van der Waals surface area contributed by atoms with E-state index in [1.165, 1.54) is 19.0 Å². The van der Waals surface area contributed by atoms with E-state index in [1.54, 1.807) is 6.20 Å². The van der Waals surface area contributed by atoms with Crippen LogP contribution in [-0.2, 0) is 0 Å². The van der Waals surface area contributed by atoms with Crippen LogP contribution in [0.5, 0.6) is 5.88 Å². The molecule has 0 spiro atoms. The van der Waals surface area contributed by atoms with Crippen molar-refractivity contribution >= 4 is 11.6 Å². The summed E-state index contributed by atoms with van der Waals surface area (Å²) in [7, 11) is 0. The highest BCUT2D eigenvalue weighted by molar-refractivity contribution is 6.29. The van der Waals surface area contributed by atoms with Gasteiger partial charge < -0.3 is 10.1 Å². The number of halogens is 1. The molecule has 2 rings (SSSR count). The van der Waals surface area contributed by atoms with Crippen molar-refractivity contribution in [3.8, 4) is 5.88 Å². The zero-order valence-corrected chi connectivity index (χ0v) is 9.20. The molecule has 15 heavy (non-hydrogen) atoms. The number of nitrogens with zero attached hydrogens (tertiary/aromatic N) is 2. The third-order valence-corrected chi connectivity index (χ3v) is 2.63. The van der Waals surface area contributed by atoms with E-state index >= 15 is 0 Å². The van der Waals surface area contributed by atoms with Crippen LogP contribution in [0.25, 0.3) is 0 Å². The lowest BCUT2D eigenvalue weighted by Crippen LogP contribution is -2.33. The molecule has 1 fully saturated rings. The number of hydrogen-bond donors (Lipinski definition) is 1. The topological polar surface area (TPSA) is 47.0 Å². The molecule has 0 bridgehead atoms. The van der Waals surface area contributed by atoms with E-state index in [-0.39, 0.29) is 0 Å². The number of aromatic nitrogens is 2. The van der Waals surface area contributed by atoms with Gasteiger partial charge in [-0.05, 0) is 19.4 Å². The Kier molecular flexibility index (Phi) is 3.75. The van der Waals surface area contributed by atoms with E-state index in [2.05, 4.69) is 15.3 Å². The van der Waals surface area contributed by atoms with Gasteiger partial charge in [0.2, 0.25) is 5.88 Å². The van der Waals surface area contributed by atoms with Crippen molar-refractivity contribution in [2.45, 2.75) is 12.8 Å². The van der Waals surface area contributed by atoms with Crippen molar-refractivity contribution in [1.82, 2.24) is 15.3 Å². The summed E-state index contributed by atoms with van der Waals surface area (Å²) in [6.45, 7) is 2.82. The molecule has 1 saturated heterocycles. The van der Waals surface area contributed by atoms with E-state index in [4.69, 9.17) is 16.3 Å². The van der Waals surface area contributed by atoms with Crippen molar-refractivity contribution in [3.63, 3.8) is 0 Å².